The second kappa shape index (κ2) is 9.51. The van der Waals surface area contributed by atoms with Gasteiger partial charge in [-0.3, -0.25) is 4.72 Å². The van der Waals surface area contributed by atoms with Crippen molar-refractivity contribution in [1.82, 2.24) is 0 Å². The number of benzene rings is 3. The molecule has 0 bridgehead atoms. The lowest BCUT2D eigenvalue weighted by molar-refractivity contribution is -0.142. The maximum Gasteiger partial charge on any atom is 0.343 e. The van der Waals surface area contributed by atoms with Gasteiger partial charge in [-0.05, 0) is 54.6 Å². The van der Waals surface area contributed by atoms with Gasteiger partial charge in [-0.1, -0.05) is 29.8 Å². The molecule has 30 heavy (non-hydrogen) atoms. The van der Waals surface area contributed by atoms with Gasteiger partial charge in [0.25, 0.3) is 10.0 Å². The van der Waals surface area contributed by atoms with Gasteiger partial charge in [0.2, 0.25) is 0 Å². The summed E-state index contributed by atoms with van der Waals surface area (Å²) in [6.45, 7) is -0.335. The van der Waals surface area contributed by atoms with Crippen LogP contribution in [0, 0.1) is 0 Å². The Kier molecular flexibility index (Phi) is 6.81. The predicted octanol–water partition coefficient (Wildman–Crippen LogP) is 4.48. The van der Waals surface area contributed by atoms with Gasteiger partial charge in [0.15, 0.2) is 6.61 Å². The zero-order valence-corrected chi connectivity index (χ0v) is 17.4. The molecule has 0 aliphatic rings. The van der Waals surface area contributed by atoms with E-state index in [1.807, 2.05) is 30.3 Å². The molecule has 0 heterocycles. The van der Waals surface area contributed by atoms with E-state index in [1.165, 1.54) is 25.3 Å². The molecule has 7 nitrogen and oxygen atoms in total. The van der Waals surface area contributed by atoms with Crippen LogP contribution in [0.2, 0.25) is 5.02 Å². The van der Waals surface area contributed by atoms with Gasteiger partial charge in [-0.25, -0.2) is 13.2 Å². The number of nitrogens with one attached hydrogen (secondary N) is 1. The molecule has 0 atom stereocenters. The molecule has 0 amide bonds. The van der Waals surface area contributed by atoms with E-state index in [9.17, 15) is 13.2 Å². The van der Waals surface area contributed by atoms with Gasteiger partial charge in [-0.2, -0.15) is 0 Å². The minimum Gasteiger partial charge on any atom is -0.480 e. The lowest BCUT2D eigenvalue weighted by Crippen LogP contribution is -2.14. The number of ether oxygens (including phenoxy) is 3. The van der Waals surface area contributed by atoms with Crippen LogP contribution in [-0.4, -0.2) is 28.1 Å². The van der Waals surface area contributed by atoms with E-state index in [0.717, 1.165) is 0 Å². The highest BCUT2D eigenvalue weighted by Gasteiger charge is 2.17. The molecule has 1 N–H and O–H groups in total. The van der Waals surface area contributed by atoms with Gasteiger partial charge in [0, 0.05) is 5.69 Å². The number of carbonyl (C=O) groups is 1. The first-order valence-corrected chi connectivity index (χ1v) is 10.6. The molecule has 3 aromatic carbocycles. The Hall–Kier alpha value is -3.23. The van der Waals surface area contributed by atoms with Crippen LogP contribution >= 0.6 is 11.6 Å². The van der Waals surface area contributed by atoms with E-state index in [4.69, 9.17) is 21.1 Å². The Labute approximate surface area is 179 Å². The van der Waals surface area contributed by atoms with Gasteiger partial charge < -0.3 is 14.2 Å². The number of methoxy groups -OCH3 is 1. The number of esters is 1. The molecule has 0 aromatic heterocycles. The minimum absolute atomic E-state index is 0.0494. The van der Waals surface area contributed by atoms with Crippen LogP contribution < -0.4 is 14.2 Å². The zero-order chi connectivity index (χ0) is 21.6. The summed E-state index contributed by atoms with van der Waals surface area (Å²) in [5.41, 5.74) is 0.359. The van der Waals surface area contributed by atoms with Crippen molar-refractivity contribution in [1.29, 1.82) is 0 Å². The van der Waals surface area contributed by atoms with Crippen molar-refractivity contribution in [2.24, 2.45) is 0 Å². The summed E-state index contributed by atoms with van der Waals surface area (Å²) < 4.78 is 43.1. The average Bonchev–Trinajstić information content (AvgIpc) is 2.74. The molecule has 0 spiro atoms. The zero-order valence-electron chi connectivity index (χ0n) is 15.9. The van der Waals surface area contributed by atoms with Crippen molar-refractivity contribution < 1.29 is 27.4 Å². The van der Waals surface area contributed by atoms with E-state index >= 15 is 0 Å². The molecular formula is C21H18ClNO6S. The van der Waals surface area contributed by atoms with Crippen molar-refractivity contribution in [3.63, 3.8) is 0 Å². The Morgan fingerprint density at radius 1 is 0.967 bits per heavy atom. The van der Waals surface area contributed by atoms with E-state index in [0.29, 0.717) is 17.2 Å². The monoisotopic (exact) mass is 447 g/mol. The SMILES string of the molecule is COC(=O)COc1ccc(S(=O)(=O)Nc2ccc(Oc3ccccc3)cc2)cc1Cl. The maximum atomic E-state index is 12.6. The van der Waals surface area contributed by atoms with Crippen molar-refractivity contribution in [3.8, 4) is 17.2 Å². The Morgan fingerprint density at radius 3 is 2.27 bits per heavy atom. The third kappa shape index (κ3) is 5.65. The quantitative estimate of drug-likeness (QED) is 0.512. The predicted molar refractivity (Wildman–Crippen MR) is 113 cm³/mol. The summed E-state index contributed by atoms with van der Waals surface area (Å²) in [5.74, 6) is 0.835. The second-order valence-corrected chi connectivity index (χ2v) is 8.09. The first-order valence-electron chi connectivity index (χ1n) is 8.72. The Morgan fingerprint density at radius 2 is 1.63 bits per heavy atom. The topological polar surface area (TPSA) is 90.9 Å². The molecule has 3 aromatic rings. The van der Waals surface area contributed by atoms with Crippen LogP contribution in [0.15, 0.2) is 77.7 Å². The number of anilines is 1. The molecule has 0 fully saturated rings. The third-order valence-corrected chi connectivity index (χ3v) is 5.55. The fraction of sp³-hybridized carbons (Fsp3) is 0.0952. The van der Waals surface area contributed by atoms with Crippen molar-refractivity contribution >= 4 is 33.3 Å². The molecule has 0 unspecified atom stereocenters. The van der Waals surface area contributed by atoms with Gasteiger partial charge >= 0.3 is 5.97 Å². The number of para-hydroxylation sites is 1. The summed E-state index contributed by atoms with van der Waals surface area (Å²) in [7, 11) is -2.65. The molecule has 0 saturated heterocycles. The smallest absolute Gasteiger partial charge is 0.343 e. The summed E-state index contributed by atoms with van der Waals surface area (Å²) >= 11 is 6.08. The van der Waals surface area contributed by atoms with Crippen LogP contribution in [0.4, 0.5) is 5.69 Å². The molecule has 0 radical (unpaired) electrons. The highest BCUT2D eigenvalue weighted by Crippen LogP contribution is 2.29. The number of sulfonamides is 1. The van der Waals surface area contributed by atoms with E-state index in [-0.39, 0.29) is 22.3 Å². The minimum atomic E-state index is -3.88. The normalized spacial score (nSPS) is 10.9. The summed E-state index contributed by atoms with van der Waals surface area (Å²) in [4.78, 5) is 11.1. The molecule has 0 saturated carbocycles. The molecule has 0 aliphatic carbocycles. The standard InChI is InChI=1S/C21H18ClNO6S/c1-27-21(24)14-28-20-12-11-18(13-19(20)22)30(25,26)23-15-7-9-17(10-8-15)29-16-5-3-2-4-6-16/h2-13,23H,14H2,1H3. The number of carbonyl (C=O) groups excluding carboxylic acids is 1. The molecule has 0 aliphatic heterocycles. The van der Waals surface area contributed by atoms with Gasteiger partial charge in [0.1, 0.15) is 17.2 Å². The lowest BCUT2D eigenvalue weighted by Gasteiger charge is -2.11. The summed E-state index contributed by atoms with van der Waals surface area (Å²) in [6, 6.07) is 19.7. The maximum absolute atomic E-state index is 12.6. The van der Waals surface area contributed by atoms with Crippen LogP contribution in [0.3, 0.4) is 0 Å². The fourth-order valence-corrected chi connectivity index (χ4v) is 3.78. The number of rotatable bonds is 8. The molecular weight excluding hydrogens is 430 g/mol. The number of hydrogen-bond acceptors (Lipinski definition) is 6. The molecule has 156 valence electrons. The van der Waals surface area contributed by atoms with Crippen LogP contribution in [0.1, 0.15) is 0 Å². The Balaban J connectivity index is 1.68. The molecule has 9 heteroatoms. The third-order valence-electron chi connectivity index (χ3n) is 3.87. The second-order valence-electron chi connectivity index (χ2n) is 6.00. The first kappa shape index (κ1) is 21.5. The summed E-state index contributed by atoms with van der Waals surface area (Å²) in [6.07, 6.45) is 0. The first-order chi connectivity index (χ1) is 14.4. The van der Waals surface area contributed by atoms with Gasteiger partial charge in [-0.15, -0.1) is 0 Å². The Bertz CT molecular complexity index is 1120. The largest absolute Gasteiger partial charge is 0.480 e. The highest BCUT2D eigenvalue weighted by atomic mass is 35.5. The van der Waals surface area contributed by atoms with Crippen molar-refractivity contribution in [2.45, 2.75) is 4.90 Å². The van der Waals surface area contributed by atoms with Crippen LogP contribution in [0.5, 0.6) is 17.2 Å². The van der Waals surface area contributed by atoms with Crippen molar-refractivity contribution in [3.05, 3.63) is 77.8 Å². The number of halogens is 1. The summed E-state index contributed by atoms with van der Waals surface area (Å²) in [5, 5.41) is 0.0494. The fourth-order valence-electron chi connectivity index (χ4n) is 2.39. The van der Waals surface area contributed by atoms with Crippen LogP contribution in [0.25, 0.3) is 0 Å². The van der Waals surface area contributed by atoms with Crippen molar-refractivity contribution in [2.75, 3.05) is 18.4 Å². The number of hydrogen-bond donors (Lipinski definition) is 1. The highest BCUT2D eigenvalue weighted by molar-refractivity contribution is 7.92. The van der Waals surface area contributed by atoms with E-state index in [1.54, 1.807) is 24.3 Å². The lowest BCUT2D eigenvalue weighted by atomic mass is 10.3. The van der Waals surface area contributed by atoms with Gasteiger partial charge in [0.05, 0.1) is 17.0 Å². The average molecular weight is 448 g/mol. The van der Waals surface area contributed by atoms with E-state index in [2.05, 4.69) is 9.46 Å². The van der Waals surface area contributed by atoms with Crippen LogP contribution in [-0.2, 0) is 19.6 Å². The molecule has 3 rings (SSSR count). The van der Waals surface area contributed by atoms with E-state index < -0.39 is 16.0 Å².